The normalized spacial score (nSPS) is 15.3. The predicted octanol–water partition coefficient (Wildman–Crippen LogP) is 1.08. The standard InChI is InChI=1S/C7H12F3NO2/c1-6(2,5(12)13-3)4(11)7(8,9)10/h4H,11H2,1-3H3/t4-/m1/s1. The monoisotopic (exact) mass is 199 g/mol. The highest BCUT2D eigenvalue weighted by Crippen LogP contribution is 2.32. The number of alkyl halides is 3. The van der Waals surface area contributed by atoms with Gasteiger partial charge in [0.15, 0.2) is 0 Å². The third-order valence-corrected chi connectivity index (χ3v) is 1.84. The molecule has 0 aliphatic rings. The quantitative estimate of drug-likeness (QED) is 0.677. The van der Waals surface area contributed by atoms with Crippen LogP contribution < -0.4 is 5.73 Å². The molecule has 0 aromatic heterocycles. The summed E-state index contributed by atoms with van der Waals surface area (Å²) in [5, 5.41) is 0. The van der Waals surface area contributed by atoms with Crippen LogP contribution in [0.1, 0.15) is 13.8 Å². The lowest BCUT2D eigenvalue weighted by molar-refractivity contribution is -0.186. The van der Waals surface area contributed by atoms with Gasteiger partial charge in [-0.2, -0.15) is 13.2 Å². The van der Waals surface area contributed by atoms with Crippen molar-refractivity contribution in [2.24, 2.45) is 11.1 Å². The molecule has 0 heterocycles. The first-order valence-electron chi connectivity index (χ1n) is 3.54. The molecule has 0 saturated heterocycles. The maximum atomic E-state index is 12.1. The van der Waals surface area contributed by atoms with Gasteiger partial charge in [0.25, 0.3) is 0 Å². The Labute approximate surface area is 74.0 Å². The Balaban J connectivity index is 4.74. The third kappa shape index (κ3) is 2.58. The van der Waals surface area contributed by atoms with Crippen LogP contribution >= 0.6 is 0 Å². The molecule has 0 unspecified atom stereocenters. The van der Waals surface area contributed by atoms with Gasteiger partial charge in [-0.25, -0.2) is 0 Å². The number of carbonyl (C=O) groups excluding carboxylic acids is 1. The van der Waals surface area contributed by atoms with Gasteiger partial charge in [-0.1, -0.05) is 0 Å². The number of methoxy groups -OCH3 is 1. The molecule has 0 aromatic rings. The zero-order valence-corrected chi connectivity index (χ0v) is 7.61. The summed E-state index contributed by atoms with van der Waals surface area (Å²) < 4.78 is 40.5. The third-order valence-electron chi connectivity index (χ3n) is 1.84. The zero-order chi connectivity index (χ0) is 10.9. The minimum atomic E-state index is -4.60. The minimum absolute atomic E-state index is 0.975. The van der Waals surface area contributed by atoms with Crippen molar-refractivity contribution in [3.63, 3.8) is 0 Å². The SMILES string of the molecule is COC(=O)C(C)(C)[C@@H](N)C(F)(F)F. The van der Waals surface area contributed by atoms with Crippen molar-refractivity contribution in [3.05, 3.63) is 0 Å². The van der Waals surface area contributed by atoms with Gasteiger partial charge in [0.2, 0.25) is 0 Å². The van der Waals surface area contributed by atoms with E-state index in [0.29, 0.717) is 0 Å². The summed E-state index contributed by atoms with van der Waals surface area (Å²) in [6, 6.07) is -2.22. The lowest BCUT2D eigenvalue weighted by Crippen LogP contribution is -2.52. The molecule has 0 amide bonds. The van der Waals surface area contributed by atoms with E-state index < -0.39 is 23.6 Å². The smallest absolute Gasteiger partial charge is 0.404 e. The highest BCUT2D eigenvalue weighted by atomic mass is 19.4. The van der Waals surface area contributed by atoms with E-state index in [2.05, 4.69) is 4.74 Å². The lowest BCUT2D eigenvalue weighted by Gasteiger charge is -2.29. The molecule has 0 saturated carbocycles. The number of ether oxygens (including phenoxy) is 1. The lowest BCUT2D eigenvalue weighted by atomic mass is 9.84. The van der Waals surface area contributed by atoms with Crippen LogP contribution in [-0.2, 0) is 9.53 Å². The topological polar surface area (TPSA) is 52.3 Å². The molecule has 0 aliphatic heterocycles. The second-order valence-corrected chi connectivity index (χ2v) is 3.23. The molecule has 78 valence electrons. The van der Waals surface area contributed by atoms with Gasteiger partial charge in [0.05, 0.1) is 12.5 Å². The average molecular weight is 199 g/mol. The van der Waals surface area contributed by atoms with Crippen LogP contribution in [0.2, 0.25) is 0 Å². The van der Waals surface area contributed by atoms with Gasteiger partial charge < -0.3 is 10.5 Å². The van der Waals surface area contributed by atoms with Crippen LogP contribution in [0, 0.1) is 5.41 Å². The fraction of sp³-hybridized carbons (Fsp3) is 0.857. The van der Waals surface area contributed by atoms with Crippen LogP contribution in [0.3, 0.4) is 0 Å². The molecule has 0 radical (unpaired) electrons. The molecule has 13 heavy (non-hydrogen) atoms. The summed E-state index contributed by atoms with van der Waals surface area (Å²) in [7, 11) is 1.02. The number of carbonyl (C=O) groups is 1. The number of hydrogen-bond acceptors (Lipinski definition) is 3. The largest absolute Gasteiger partial charge is 0.469 e. The molecular weight excluding hydrogens is 187 g/mol. The maximum absolute atomic E-state index is 12.1. The summed E-state index contributed by atoms with van der Waals surface area (Å²) in [6.07, 6.45) is -4.60. The van der Waals surface area contributed by atoms with Crippen molar-refractivity contribution in [1.29, 1.82) is 0 Å². The zero-order valence-electron chi connectivity index (χ0n) is 7.61. The Morgan fingerprint density at radius 2 is 1.77 bits per heavy atom. The van der Waals surface area contributed by atoms with Crippen molar-refractivity contribution in [3.8, 4) is 0 Å². The van der Waals surface area contributed by atoms with Gasteiger partial charge in [-0.3, -0.25) is 4.79 Å². The van der Waals surface area contributed by atoms with E-state index in [1.54, 1.807) is 0 Å². The fourth-order valence-electron chi connectivity index (χ4n) is 0.799. The summed E-state index contributed by atoms with van der Waals surface area (Å²) >= 11 is 0. The Morgan fingerprint density at radius 1 is 1.38 bits per heavy atom. The van der Waals surface area contributed by atoms with Gasteiger partial charge in [0, 0.05) is 0 Å². The van der Waals surface area contributed by atoms with Crippen molar-refractivity contribution >= 4 is 5.97 Å². The maximum Gasteiger partial charge on any atom is 0.404 e. The summed E-state index contributed by atoms with van der Waals surface area (Å²) in [6.45, 7) is 2.19. The molecule has 0 rings (SSSR count). The number of esters is 1. The van der Waals surface area contributed by atoms with E-state index in [1.807, 2.05) is 0 Å². The predicted molar refractivity (Wildman–Crippen MR) is 39.8 cm³/mol. The van der Waals surface area contributed by atoms with E-state index >= 15 is 0 Å². The van der Waals surface area contributed by atoms with Crippen LogP contribution in [0.5, 0.6) is 0 Å². The minimum Gasteiger partial charge on any atom is -0.469 e. The number of rotatable bonds is 2. The average Bonchev–Trinajstić information content (AvgIpc) is 1.99. The number of hydrogen-bond donors (Lipinski definition) is 1. The van der Waals surface area contributed by atoms with Crippen LogP contribution in [-0.4, -0.2) is 25.3 Å². The molecule has 0 aliphatic carbocycles. The van der Waals surface area contributed by atoms with Crippen LogP contribution in [0.4, 0.5) is 13.2 Å². The van der Waals surface area contributed by atoms with Crippen molar-refractivity contribution in [1.82, 2.24) is 0 Å². The molecular formula is C7H12F3NO2. The van der Waals surface area contributed by atoms with E-state index in [1.165, 1.54) is 0 Å². The Bertz CT molecular complexity index is 200. The fourth-order valence-corrected chi connectivity index (χ4v) is 0.799. The number of nitrogens with two attached hydrogens (primary N) is 1. The Morgan fingerprint density at radius 3 is 2.00 bits per heavy atom. The first kappa shape index (κ1) is 12.2. The van der Waals surface area contributed by atoms with Gasteiger partial charge in [-0.05, 0) is 13.8 Å². The molecule has 3 nitrogen and oxygen atoms in total. The summed E-state index contributed by atoms with van der Waals surface area (Å²) in [5.41, 5.74) is 3.12. The van der Waals surface area contributed by atoms with E-state index in [9.17, 15) is 18.0 Å². The Hall–Kier alpha value is -0.780. The molecule has 6 heteroatoms. The van der Waals surface area contributed by atoms with E-state index in [-0.39, 0.29) is 0 Å². The molecule has 0 spiro atoms. The Kier molecular flexibility index (Phi) is 3.32. The van der Waals surface area contributed by atoms with Crippen LogP contribution in [0.15, 0.2) is 0 Å². The van der Waals surface area contributed by atoms with Crippen molar-refractivity contribution < 1.29 is 22.7 Å². The number of halogens is 3. The molecule has 1 atom stereocenters. The molecule has 0 aromatic carbocycles. The summed E-state index contributed by atoms with van der Waals surface area (Å²) in [4.78, 5) is 10.9. The highest BCUT2D eigenvalue weighted by molar-refractivity contribution is 5.76. The van der Waals surface area contributed by atoms with E-state index in [4.69, 9.17) is 5.73 Å². The summed E-state index contributed by atoms with van der Waals surface area (Å²) in [5.74, 6) is -0.975. The first-order chi connectivity index (χ1) is 5.64. The van der Waals surface area contributed by atoms with Gasteiger partial charge in [-0.15, -0.1) is 0 Å². The molecule has 0 bridgehead atoms. The van der Waals surface area contributed by atoms with Gasteiger partial charge >= 0.3 is 12.1 Å². The van der Waals surface area contributed by atoms with Crippen molar-refractivity contribution in [2.45, 2.75) is 26.1 Å². The second kappa shape index (κ2) is 3.53. The molecule has 2 N–H and O–H groups in total. The second-order valence-electron chi connectivity index (χ2n) is 3.23. The van der Waals surface area contributed by atoms with E-state index in [0.717, 1.165) is 21.0 Å². The van der Waals surface area contributed by atoms with Gasteiger partial charge in [0.1, 0.15) is 6.04 Å². The molecule has 0 fully saturated rings. The first-order valence-corrected chi connectivity index (χ1v) is 3.54. The highest BCUT2D eigenvalue weighted by Gasteiger charge is 2.50. The van der Waals surface area contributed by atoms with Crippen molar-refractivity contribution in [2.75, 3.05) is 7.11 Å². The van der Waals surface area contributed by atoms with Crippen LogP contribution in [0.25, 0.3) is 0 Å².